The highest BCUT2D eigenvalue weighted by Gasteiger charge is 2.11. The van der Waals surface area contributed by atoms with Crippen molar-refractivity contribution in [1.29, 1.82) is 0 Å². The van der Waals surface area contributed by atoms with E-state index in [0.29, 0.717) is 10.8 Å². The van der Waals surface area contributed by atoms with Gasteiger partial charge >= 0.3 is 5.97 Å². The number of esters is 1. The third-order valence-electron chi connectivity index (χ3n) is 2.74. The number of hydrogen-bond acceptors (Lipinski definition) is 4. The molecule has 0 aliphatic carbocycles. The molecule has 0 unspecified atom stereocenters. The van der Waals surface area contributed by atoms with Crippen LogP contribution in [-0.4, -0.2) is 11.0 Å². The summed E-state index contributed by atoms with van der Waals surface area (Å²) in [6.07, 6.45) is 0. The third kappa shape index (κ3) is 2.75. The van der Waals surface area contributed by atoms with Gasteiger partial charge in [0, 0.05) is 10.9 Å². The molecule has 3 rings (SSSR count). The average molecular weight is 281 g/mol. The van der Waals surface area contributed by atoms with E-state index >= 15 is 0 Å². The number of ether oxygens (including phenoxy) is 1. The Labute approximate surface area is 120 Å². The molecule has 0 bridgehead atoms. The molecule has 0 fully saturated rings. The van der Waals surface area contributed by atoms with Gasteiger partial charge in [-0.05, 0) is 12.1 Å². The zero-order valence-corrected chi connectivity index (χ0v) is 11.3. The lowest BCUT2D eigenvalue weighted by Gasteiger charge is -1.99. The third-order valence-corrected chi connectivity index (χ3v) is 3.46. The van der Waals surface area contributed by atoms with E-state index in [2.05, 4.69) is 4.98 Å². The maximum atomic E-state index is 11.9. The lowest BCUT2D eigenvalue weighted by Crippen LogP contribution is -2.07. The first kappa shape index (κ1) is 12.6. The molecule has 0 amide bonds. The van der Waals surface area contributed by atoms with Gasteiger partial charge < -0.3 is 4.74 Å². The van der Waals surface area contributed by atoms with Gasteiger partial charge in [-0.25, -0.2) is 9.78 Å². The van der Waals surface area contributed by atoms with E-state index in [0.717, 1.165) is 11.3 Å². The van der Waals surface area contributed by atoms with Crippen LogP contribution in [0.3, 0.4) is 0 Å². The fourth-order valence-electron chi connectivity index (χ4n) is 1.76. The minimum absolute atomic E-state index is 0.359. The molecule has 2 aromatic carbocycles. The molecular formula is C16H11NO2S. The van der Waals surface area contributed by atoms with Crippen LogP contribution in [0.4, 0.5) is 0 Å². The number of hydrogen-bond donors (Lipinski definition) is 0. The molecular weight excluding hydrogens is 270 g/mol. The maximum absolute atomic E-state index is 11.9. The fourth-order valence-corrected chi connectivity index (χ4v) is 2.43. The number of carbonyl (C=O) groups excluding carboxylic acids is 1. The minimum Gasteiger partial charge on any atom is -0.394 e. The van der Waals surface area contributed by atoms with Gasteiger partial charge in [0.05, 0.1) is 11.3 Å². The monoisotopic (exact) mass is 281 g/mol. The van der Waals surface area contributed by atoms with Crippen LogP contribution < -0.4 is 4.74 Å². The molecule has 0 saturated heterocycles. The Morgan fingerprint density at radius 1 is 0.950 bits per heavy atom. The molecule has 3 aromatic rings. The fraction of sp³-hybridized carbons (Fsp3) is 0. The SMILES string of the molecule is O=C(Oc1nc(-c2ccccc2)cs1)c1ccccc1. The molecule has 0 aliphatic rings. The summed E-state index contributed by atoms with van der Waals surface area (Å²) in [5.41, 5.74) is 2.33. The van der Waals surface area contributed by atoms with Gasteiger partial charge in [0.2, 0.25) is 0 Å². The van der Waals surface area contributed by atoms with Crippen LogP contribution in [0.5, 0.6) is 5.19 Å². The van der Waals surface area contributed by atoms with Crippen LogP contribution in [0.15, 0.2) is 66.0 Å². The van der Waals surface area contributed by atoms with Gasteiger partial charge in [0.25, 0.3) is 5.19 Å². The largest absolute Gasteiger partial charge is 0.394 e. The van der Waals surface area contributed by atoms with Gasteiger partial charge in [-0.2, -0.15) is 0 Å². The number of benzene rings is 2. The summed E-state index contributed by atoms with van der Waals surface area (Å²) in [5, 5.41) is 2.24. The van der Waals surface area contributed by atoms with E-state index < -0.39 is 0 Å². The molecule has 0 radical (unpaired) electrons. The van der Waals surface area contributed by atoms with E-state index in [1.807, 2.05) is 41.8 Å². The number of aromatic nitrogens is 1. The Bertz CT molecular complexity index is 708. The van der Waals surface area contributed by atoms with Gasteiger partial charge in [0.15, 0.2) is 0 Å². The first-order chi connectivity index (χ1) is 9.83. The topological polar surface area (TPSA) is 39.2 Å². The average Bonchev–Trinajstić information content (AvgIpc) is 2.97. The highest BCUT2D eigenvalue weighted by molar-refractivity contribution is 7.11. The minimum atomic E-state index is -0.389. The van der Waals surface area contributed by atoms with Crippen LogP contribution in [0.2, 0.25) is 0 Å². The van der Waals surface area contributed by atoms with E-state index in [9.17, 15) is 4.79 Å². The molecule has 3 nitrogen and oxygen atoms in total. The molecule has 0 atom stereocenters. The lowest BCUT2D eigenvalue weighted by molar-refractivity contribution is 0.0734. The summed E-state index contributed by atoms with van der Waals surface area (Å²) in [7, 11) is 0. The van der Waals surface area contributed by atoms with Gasteiger partial charge in [-0.15, -0.1) is 0 Å². The molecule has 4 heteroatoms. The predicted molar refractivity (Wildman–Crippen MR) is 79.0 cm³/mol. The van der Waals surface area contributed by atoms with Crippen LogP contribution in [0.25, 0.3) is 11.3 Å². The number of rotatable bonds is 3. The molecule has 0 N–H and O–H groups in total. The first-order valence-electron chi connectivity index (χ1n) is 6.11. The first-order valence-corrected chi connectivity index (χ1v) is 6.99. The molecule has 0 spiro atoms. The van der Waals surface area contributed by atoms with Crippen molar-refractivity contribution in [2.75, 3.05) is 0 Å². The van der Waals surface area contributed by atoms with Crippen LogP contribution in [0.1, 0.15) is 10.4 Å². The van der Waals surface area contributed by atoms with Gasteiger partial charge in [-0.1, -0.05) is 59.9 Å². The van der Waals surface area contributed by atoms with Crippen molar-refractivity contribution in [3.63, 3.8) is 0 Å². The standard InChI is InChI=1S/C16H11NO2S/c18-15(13-9-5-2-6-10-13)19-16-17-14(11-20-16)12-7-3-1-4-8-12/h1-11H. The van der Waals surface area contributed by atoms with Gasteiger partial charge in [0.1, 0.15) is 0 Å². The zero-order valence-electron chi connectivity index (χ0n) is 10.5. The Hall–Kier alpha value is -2.46. The Morgan fingerprint density at radius 2 is 1.60 bits per heavy atom. The summed E-state index contributed by atoms with van der Waals surface area (Å²) in [4.78, 5) is 16.2. The van der Waals surface area contributed by atoms with Crippen LogP contribution in [0, 0.1) is 0 Å². The summed E-state index contributed by atoms with van der Waals surface area (Å²) in [5.74, 6) is -0.389. The number of carbonyl (C=O) groups is 1. The van der Waals surface area contributed by atoms with E-state index in [4.69, 9.17) is 4.74 Å². The second kappa shape index (κ2) is 5.67. The smallest absolute Gasteiger partial charge is 0.345 e. The van der Waals surface area contributed by atoms with Crippen molar-refractivity contribution >= 4 is 17.3 Å². The van der Waals surface area contributed by atoms with Crippen molar-refractivity contribution in [2.45, 2.75) is 0 Å². The van der Waals surface area contributed by atoms with E-state index in [1.165, 1.54) is 11.3 Å². The second-order valence-corrected chi connectivity index (χ2v) is 4.94. The van der Waals surface area contributed by atoms with E-state index in [1.54, 1.807) is 24.3 Å². The summed E-state index contributed by atoms with van der Waals surface area (Å²) >= 11 is 1.31. The Kier molecular flexibility index (Phi) is 3.56. The van der Waals surface area contributed by atoms with Crippen LogP contribution in [-0.2, 0) is 0 Å². The summed E-state index contributed by atoms with van der Waals surface area (Å²) in [6.45, 7) is 0. The Morgan fingerprint density at radius 3 is 2.30 bits per heavy atom. The highest BCUT2D eigenvalue weighted by Crippen LogP contribution is 2.26. The van der Waals surface area contributed by atoms with Crippen molar-refractivity contribution in [3.05, 3.63) is 71.6 Å². The Balaban J connectivity index is 1.77. The van der Waals surface area contributed by atoms with Crippen molar-refractivity contribution in [3.8, 4) is 16.5 Å². The second-order valence-electron chi connectivity index (χ2n) is 4.12. The summed E-state index contributed by atoms with van der Waals surface area (Å²) in [6, 6.07) is 18.7. The van der Waals surface area contributed by atoms with Crippen LogP contribution >= 0.6 is 11.3 Å². The maximum Gasteiger partial charge on any atom is 0.345 e. The molecule has 1 heterocycles. The zero-order chi connectivity index (χ0) is 13.8. The summed E-state index contributed by atoms with van der Waals surface area (Å²) < 4.78 is 5.27. The predicted octanol–water partition coefficient (Wildman–Crippen LogP) is 4.03. The normalized spacial score (nSPS) is 10.2. The highest BCUT2D eigenvalue weighted by atomic mass is 32.1. The molecule has 98 valence electrons. The lowest BCUT2D eigenvalue weighted by atomic mass is 10.2. The molecule has 0 aliphatic heterocycles. The van der Waals surface area contributed by atoms with Crippen molar-refractivity contribution in [2.24, 2.45) is 0 Å². The van der Waals surface area contributed by atoms with Gasteiger partial charge in [-0.3, -0.25) is 0 Å². The van der Waals surface area contributed by atoms with Crippen molar-refractivity contribution in [1.82, 2.24) is 4.98 Å². The molecule has 0 saturated carbocycles. The van der Waals surface area contributed by atoms with E-state index in [-0.39, 0.29) is 5.97 Å². The number of thiazole rings is 1. The van der Waals surface area contributed by atoms with Crippen molar-refractivity contribution < 1.29 is 9.53 Å². The molecule has 1 aromatic heterocycles. The quantitative estimate of drug-likeness (QED) is 0.680. The molecule has 20 heavy (non-hydrogen) atoms. The number of nitrogens with zero attached hydrogens (tertiary/aromatic N) is 1.